The van der Waals surface area contributed by atoms with Crippen LogP contribution in [0.2, 0.25) is 0 Å². The topological polar surface area (TPSA) is 68.0 Å². The molecule has 0 amide bonds. The fraction of sp³-hybridized carbons (Fsp3) is 0.211. The lowest BCUT2D eigenvalue weighted by molar-refractivity contribution is 0.0697. The molecule has 0 bridgehead atoms. The molecule has 0 aliphatic rings. The molecular weight excluding hydrogens is 334 g/mol. The molecule has 0 aliphatic carbocycles. The molecule has 128 valence electrons. The van der Waals surface area contributed by atoms with Gasteiger partial charge in [-0.1, -0.05) is 47.7 Å². The normalized spacial score (nSPS) is 10.8. The number of aromatic carboxylic acids is 1. The van der Waals surface area contributed by atoms with Gasteiger partial charge in [0, 0.05) is 17.9 Å². The summed E-state index contributed by atoms with van der Waals surface area (Å²) in [4.78, 5) is 10.9. The molecule has 6 heteroatoms. The van der Waals surface area contributed by atoms with E-state index in [4.69, 9.17) is 5.11 Å². The van der Waals surface area contributed by atoms with Crippen molar-refractivity contribution in [3.8, 4) is 11.4 Å². The number of aromatic nitrogens is 3. The van der Waals surface area contributed by atoms with Crippen molar-refractivity contribution in [2.45, 2.75) is 31.3 Å². The van der Waals surface area contributed by atoms with Gasteiger partial charge < -0.3 is 9.67 Å². The van der Waals surface area contributed by atoms with Crippen molar-refractivity contribution in [3.05, 3.63) is 65.2 Å². The van der Waals surface area contributed by atoms with Crippen molar-refractivity contribution in [2.24, 2.45) is 0 Å². The van der Waals surface area contributed by atoms with Gasteiger partial charge in [0.25, 0.3) is 0 Å². The Labute approximate surface area is 150 Å². The molecule has 0 spiro atoms. The van der Waals surface area contributed by atoms with E-state index in [1.165, 1.54) is 5.56 Å². The van der Waals surface area contributed by atoms with Crippen LogP contribution in [0.15, 0.2) is 53.7 Å². The van der Waals surface area contributed by atoms with Crippen LogP contribution >= 0.6 is 11.8 Å². The summed E-state index contributed by atoms with van der Waals surface area (Å²) < 4.78 is 2.10. The second-order valence-electron chi connectivity index (χ2n) is 5.71. The lowest BCUT2D eigenvalue weighted by Gasteiger charge is -2.08. The zero-order valence-electron chi connectivity index (χ0n) is 14.1. The fourth-order valence-corrected chi connectivity index (χ4v) is 3.53. The number of carboxylic acid groups (broad SMARTS) is 1. The summed E-state index contributed by atoms with van der Waals surface area (Å²) in [6, 6.07) is 15.2. The first kappa shape index (κ1) is 17.2. The van der Waals surface area contributed by atoms with E-state index in [0.717, 1.165) is 28.7 Å². The quantitative estimate of drug-likeness (QED) is 0.671. The first-order valence-electron chi connectivity index (χ1n) is 8.03. The predicted molar refractivity (Wildman–Crippen MR) is 98.8 cm³/mol. The lowest BCUT2D eigenvalue weighted by Crippen LogP contribution is -2.00. The molecule has 0 unspecified atom stereocenters. The molecule has 1 aromatic heterocycles. The van der Waals surface area contributed by atoms with Gasteiger partial charge in [-0.3, -0.25) is 0 Å². The molecule has 25 heavy (non-hydrogen) atoms. The molecule has 3 aromatic rings. The van der Waals surface area contributed by atoms with Gasteiger partial charge >= 0.3 is 5.97 Å². The zero-order valence-corrected chi connectivity index (χ0v) is 15.0. The Morgan fingerprint density at radius 1 is 1.16 bits per heavy atom. The smallest absolute Gasteiger partial charge is 0.335 e. The molecule has 3 rings (SSSR count). The van der Waals surface area contributed by atoms with Gasteiger partial charge in [-0.05, 0) is 37.6 Å². The Morgan fingerprint density at radius 2 is 1.92 bits per heavy atom. The van der Waals surface area contributed by atoms with Crippen LogP contribution in [0.4, 0.5) is 0 Å². The molecule has 5 nitrogen and oxygen atoms in total. The van der Waals surface area contributed by atoms with E-state index in [9.17, 15) is 4.79 Å². The molecular formula is C19H19N3O2S. The van der Waals surface area contributed by atoms with Gasteiger partial charge in [0.05, 0.1) is 5.56 Å². The van der Waals surface area contributed by atoms with E-state index < -0.39 is 5.97 Å². The van der Waals surface area contributed by atoms with Crippen LogP contribution in [0.3, 0.4) is 0 Å². The Hall–Kier alpha value is -2.60. The highest BCUT2D eigenvalue weighted by atomic mass is 32.2. The van der Waals surface area contributed by atoms with E-state index >= 15 is 0 Å². The molecule has 0 aliphatic heterocycles. The summed E-state index contributed by atoms with van der Waals surface area (Å²) in [5.41, 5.74) is 3.60. The Balaban J connectivity index is 1.78. The van der Waals surface area contributed by atoms with Gasteiger partial charge in [0.15, 0.2) is 11.0 Å². The van der Waals surface area contributed by atoms with Gasteiger partial charge in [-0.15, -0.1) is 10.2 Å². The maximum Gasteiger partial charge on any atom is 0.335 e. The predicted octanol–water partition coefficient (Wildman–Crippen LogP) is 4.26. The van der Waals surface area contributed by atoms with Crippen LogP contribution in [-0.4, -0.2) is 25.8 Å². The van der Waals surface area contributed by atoms with Crippen LogP contribution in [0.5, 0.6) is 0 Å². The SMILES string of the molecule is CCn1c(SCc2ccc(C(=O)O)cc2)nnc1-c1cccc(C)c1. The maximum absolute atomic E-state index is 10.9. The number of benzene rings is 2. The maximum atomic E-state index is 10.9. The highest BCUT2D eigenvalue weighted by molar-refractivity contribution is 7.98. The lowest BCUT2D eigenvalue weighted by atomic mass is 10.1. The van der Waals surface area contributed by atoms with Gasteiger partial charge in [-0.2, -0.15) is 0 Å². The third-order valence-electron chi connectivity index (χ3n) is 3.88. The Kier molecular flexibility index (Phi) is 5.19. The summed E-state index contributed by atoms with van der Waals surface area (Å²) >= 11 is 1.60. The van der Waals surface area contributed by atoms with Crippen molar-refractivity contribution in [3.63, 3.8) is 0 Å². The minimum absolute atomic E-state index is 0.298. The van der Waals surface area contributed by atoms with Crippen LogP contribution in [-0.2, 0) is 12.3 Å². The number of hydrogen-bond donors (Lipinski definition) is 1. The Bertz CT molecular complexity index is 888. The largest absolute Gasteiger partial charge is 0.478 e. The Morgan fingerprint density at radius 3 is 2.56 bits per heavy atom. The first-order valence-corrected chi connectivity index (χ1v) is 9.02. The summed E-state index contributed by atoms with van der Waals surface area (Å²) in [6.45, 7) is 4.93. The molecule has 0 saturated carbocycles. The summed E-state index contributed by atoms with van der Waals surface area (Å²) in [5.74, 6) is 0.675. The molecule has 1 N–H and O–H groups in total. The first-order chi connectivity index (χ1) is 12.1. The number of aryl methyl sites for hydroxylation is 1. The van der Waals surface area contributed by atoms with Crippen LogP contribution < -0.4 is 0 Å². The second kappa shape index (κ2) is 7.53. The van der Waals surface area contributed by atoms with Crippen LogP contribution in [0.25, 0.3) is 11.4 Å². The molecule has 0 atom stereocenters. The number of hydrogen-bond acceptors (Lipinski definition) is 4. The minimum Gasteiger partial charge on any atom is -0.478 e. The molecule has 0 fully saturated rings. The molecule has 1 heterocycles. The average Bonchev–Trinajstić information content (AvgIpc) is 3.03. The standard InChI is InChI=1S/C19H19N3O2S/c1-3-22-17(16-6-4-5-13(2)11-16)20-21-19(22)25-12-14-7-9-15(10-8-14)18(23)24/h4-11H,3,12H2,1-2H3,(H,23,24). The van der Waals surface area contributed by atoms with Crippen molar-refractivity contribution in [1.82, 2.24) is 14.8 Å². The van der Waals surface area contributed by atoms with Crippen LogP contribution in [0.1, 0.15) is 28.4 Å². The number of carbonyl (C=O) groups is 1. The third kappa shape index (κ3) is 3.91. The fourth-order valence-electron chi connectivity index (χ4n) is 2.57. The molecule has 2 aromatic carbocycles. The monoisotopic (exact) mass is 353 g/mol. The van der Waals surface area contributed by atoms with E-state index in [2.05, 4.69) is 40.7 Å². The number of nitrogens with zero attached hydrogens (tertiary/aromatic N) is 3. The van der Waals surface area contributed by atoms with E-state index in [-0.39, 0.29) is 0 Å². The average molecular weight is 353 g/mol. The van der Waals surface area contributed by atoms with Crippen LogP contribution in [0, 0.1) is 6.92 Å². The second-order valence-corrected chi connectivity index (χ2v) is 6.65. The number of thioether (sulfide) groups is 1. The minimum atomic E-state index is -0.910. The molecule has 0 radical (unpaired) electrons. The molecule has 0 saturated heterocycles. The van der Waals surface area contributed by atoms with Gasteiger partial charge in [0.2, 0.25) is 0 Å². The van der Waals surface area contributed by atoms with Crippen molar-refractivity contribution >= 4 is 17.7 Å². The highest BCUT2D eigenvalue weighted by Gasteiger charge is 2.13. The van der Waals surface area contributed by atoms with E-state index in [1.807, 2.05) is 24.3 Å². The van der Waals surface area contributed by atoms with E-state index in [1.54, 1.807) is 23.9 Å². The highest BCUT2D eigenvalue weighted by Crippen LogP contribution is 2.26. The van der Waals surface area contributed by atoms with Crippen molar-refractivity contribution in [2.75, 3.05) is 0 Å². The summed E-state index contributed by atoms with van der Waals surface area (Å²) in [7, 11) is 0. The van der Waals surface area contributed by atoms with Crippen molar-refractivity contribution in [1.29, 1.82) is 0 Å². The zero-order chi connectivity index (χ0) is 17.8. The van der Waals surface area contributed by atoms with Gasteiger partial charge in [0.1, 0.15) is 0 Å². The van der Waals surface area contributed by atoms with Crippen molar-refractivity contribution < 1.29 is 9.90 Å². The number of rotatable bonds is 6. The third-order valence-corrected chi connectivity index (χ3v) is 4.92. The summed E-state index contributed by atoms with van der Waals surface area (Å²) in [6.07, 6.45) is 0. The number of carboxylic acids is 1. The summed E-state index contributed by atoms with van der Waals surface area (Å²) in [5, 5.41) is 18.5. The van der Waals surface area contributed by atoms with E-state index in [0.29, 0.717) is 11.3 Å². The van der Waals surface area contributed by atoms with Gasteiger partial charge in [-0.25, -0.2) is 4.79 Å².